The molecule has 5 nitrogen and oxygen atoms in total. The van der Waals surface area contributed by atoms with E-state index in [0.717, 1.165) is 10.3 Å². The highest BCUT2D eigenvalue weighted by molar-refractivity contribution is 9.10. The molecule has 1 heterocycles. The summed E-state index contributed by atoms with van der Waals surface area (Å²) in [5.74, 6) is 0. The van der Waals surface area contributed by atoms with Gasteiger partial charge in [0.25, 0.3) is 5.69 Å². The first kappa shape index (κ1) is 9.85. The second-order valence-electron chi connectivity index (χ2n) is 2.86. The van der Waals surface area contributed by atoms with Crippen molar-refractivity contribution >= 4 is 21.6 Å². The predicted molar refractivity (Wildman–Crippen MR) is 57.9 cm³/mol. The molecule has 1 aromatic carbocycles. The van der Waals surface area contributed by atoms with Gasteiger partial charge in [0.1, 0.15) is 4.60 Å². The normalized spacial score (nSPS) is 10.2. The average Bonchev–Trinajstić information content (AvgIpc) is 2.65. The maximum Gasteiger partial charge on any atom is 0.269 e. The van der Waals surface area contributed by atoms with E-state index in [9.17, 15) is 10.1 Å². The summed E-state index contributed by atoms with van der Waals surface area (Å²) in [4.78, 5) is 10.0. The van der Waals surface area contributed by atoms with Gasteiger partial charge in [-0.2, -0.15) is 5.10 Å². The van der Waals surface area contributed by atoms with E-state index >= 15 is 0 Å². The van der Waals surface area contributed by atoms with Crippen LogP contribution in [0.3, 0.4) is 0 Å². The van der Waals surface area contributed by atoms with Crippen LogP contribution in [-0.4, -0.2) is 14.7 Å². The van der Waals surface area contributed by atoms with Crippen LogP contribution in [0.25, 0.3) is 5.69 Å². The highest BCUT2D eigenvalue weighted by Gasteiger charge is 2.05. The highest BCUT2D eigenvalue weighted by atomic mass is 79.9. The molecule has 0 saturated carbocycles. The minimum Gasteiger partial charge on any atom is -0.258 e. The van der Waals surface area contributed by atoms with E-state index in [-0.39, 0.29) is 5.69 Å². The molecule has 0 aliphatic rings. The van der Waals surface area contributed by atoms with Gasteiger partial charge in [0, 0.05) is 18.3 Å². The van der Waals surface area contributed by atoms with Crippen molar-refractivity contribution in [3.05, 3.63) is 51.2 Å². The molecule has 0 atom stereocenters. The van der Waals surface area contributed by atoms with E-state index in [1.165, 1.54) is 12.1 Å². The summed E-state index contributed by atoms with van der Waals surface area (Å²) in [7, 11) is 0. The molecule has 0 bridgehead atoms. The van der Waals surface area contributed by atoms with Crippen molar-refractivity contribution in [3.8, 4) is 5.69 Å². The van der Waals surface area contributed by atoms with Crippen LogP contribution in [0.2, 0.25) is 0 Å². The molecule has 0 amide bonds. The molecule has 0 spiro atoms. The van der Waals surface area contributed by atoms with Crippen LogP contribution in [0.15, 0.2) is 41.1 Å². The third-order valence-electron chi connectivity index (χ3n) is 1.88. The van der Waals surface area contributed by atoms with Crippen LogP contribution < -0.4 is 0 Å². The van der Waals surface area contributed by atoms with Crippen molar-refractivity contribution in [1.82, 2.24) is 9.78 Å². The Morgan fingerprint density at radius 3 is 2.40 bits per heavy atom. The van der Waals surface area contributed by atoms with Gasteiger partial charge in [0.05, 0.1) is 10.6 Å². The molecule has 0 saturated heterocycles. The van der Waals surface area contributed by atoms with Crippen molar-refractivity contribution in [2.24, 2.45) is 0 Å². The van der Waals surface area contributed by atoms with Crippen LogP contribution in [0.5, 0.6) is 0 Å². The molecule has 15 heavy (non-hydrogen) atoms. The summed E-state index contributed by atoms with van der Waals surface area (Å²) in [6.07, 6.45) is 1.77. The van der Waals surface area contributed by atoms with Crippen LogP contribution in [0, 0.1) is 10.1 Å². The minimum absolute atomic E-state index is 0.0740. The van der Waals surface area contributed by atoms with E-state index in [4.69, 9.17) is 0 Å². The largest absolute Gasteiger partial charge is 0.269 e. The number of hydrogen-bond donors (Lipinski definition) is 0. The van der Waals surface area contributed by atoms with E-state index in [0.29, 0.717) is 0 Å². The summed E-state index contributed by atoms with van der Waals surface area (Å²) >= 11 is 3.23. The summed E-state index contributed by atoms with van der Waals surface area (Å²) in [5, 5.41) is 14.5. The maximum absolute atomic E-state index is 10.4. The first-order chi connectivity index (χ1) is 7.16. The fourth-order valence-electron chi connectivity index (χ4n) is 1.17. The molecule has 0 radical (unpaired) electrons. The molecule has 0 aliphatic carbocycles. The smallest absolute Gasteiger partial charge is 0.258 e. The standard InChI is InChI=1S/C9H6BrN3O2/c10-9-5-6-12(11-9)7-1-3-8(4-2-7)13(14)15/h1-6H. The van der Waals surface area contributed by atoms with Crippen LogP contribution in [0.1, 0.15) is 0 Å². The maximum atomic E-state index is 10.4. The molecular formula is C9H6BrN3O2. The molecular weight excluding hydrogens is 262 g/mol. The number of halogens is 1. The lowest BCUT2D eigenvalue weighted by Gasteiger charge is -1.99. The van der Waals surface area contributed by atoms with Crippen molar-refractivity contribution in [2.75, 3.05) is 0 Å². The quantitative estimate of drug-likeness (QED) is 0.621. The number of nitro benzene ring substituents is 1. The molecule has 2 rings (SSSR count). The van der Waals surface area contributed by atoms with Crippen molar-refractivity contribution in [1.29, 1.82) is 0 Å². The van der Waals surface area contributed by atoms with Crippen molar-refractivity contribution in [3.63, 3.8) is 0 Å². The van der Waals surface area contributed by atoms with Gasteiger partial charge < -0.3 is 0 Å². The fourth-order valence-corrected chi connectivity index (χ4v) is 1.46. The number of benzene rings is 1. The minimum atomic E-state index is -0.428. The Bertz CT molecular complexity index is 492. The molecule has 0 fully saturated rings. The van der Waals surface area contributed by atoms with Gasteiger partial charge >= 0.3 is 0 Å². The van der Waals surface area contributed by atoms with E-state index in [1.54, 1.807) is 29.1 Å². The van der Waals surface area contributed by atoms with Gasteiger partial charge in [-0.3, -0.25) is 10.1 Å². The summed E-state index contributed by atoms with van der Waals surface area (Å²) < 4.78 is 2.36. The van der Waals surface area contributed by atoms with Gasteiger partial charge in [-0.1, -0.05) is 0 Å². The Labute approximate surface area is 93.6 Å². The lowest BCUT2D eigenvalue weighted by molar-refractivity contribution is -0.384. The summed E-state index contributed by atoms with van der Waals surface area (Å²) in [6, 6.07) is 7.99. The van der Waals surface area contributed by atoms with Gasteiger partial charge in [0.2, 0.25) is 0 Å². The van der Waals surface area contributed by atoms with Crippen molar-refractivity contribution < 1.29 is 4.92 Å². The first-order valence-electron chi connectivity index (χ1n) is 4.13. The average molecular weight is 268 g/mol. The zero-order chi connectivity index (χ0) is 10.8. The highest BCUT2D eigenvalue weighted by Crippen LogP contribution is 2.15. The Hall–Kier alpha value is -1.69. The molecule has 76 valence electrons. The second kappa shape index (κ2) is 3.82. The third-order valence-corrected chi connectivity index (χ3v) is 2.30. The Morgan fingerprint density at radius 2 is 1.93 bits per heavy atom. The van der Waals surface area contributed by atoms with Crippen LogP contribution in [-0.2, 0) is 0 Å². The Balaban J connectivity index is 2.35. The third kappa shape index (κ3) is 2.04. The number of nitro groups is 1. The Kier molecular flexibility index (Phi) is 2.51. The van der Waals surface area contributed by atoms with Gasteiger partial charge in [-0.25, -0.2) is 4.68 Å². The first-order valence-corrected chi connectivity index (χ1v) is 4.92. The molecule has 1 aromatic heterocycles. The van der Waals surface area contributed by atoms with E-state index in [2.05, 4.69) is 21.0 Å². The molecule has 2 aromatic rings. The number of hydrogen-bond acceptors (Lipinski definition) is 3. The zero-order valence-corrected chi connectivity index (χ0v) is 9.09. The number of nitrogens with zero attached hydrogens (tertiary/aromatic N) is 3. The van der Waals surface area contributed by atoms with Gasteiger partial charge in [0.15, 0.2) is 0 Å². The second-order valence-corrected chi connectivity index (χ2v) is 3.67. The van der Waals surface area contributed by atoms with E-state index in [1.807, 2.05) is 0 Å². The van der Waals surface area contributed by atoms with Crippen molar-refractivity contribution in [2.45, 2.75) is 0 Å². The molecule has 0 aliphatic heterocycles. The van der Waals surface area contributed by atoms with Crippen LogP contribution >= 0.6 is 15.9 Å². The molecule has 0 N–H and O–H groups in total. The lowest BCUT2D eigenvalue weighted by atomic mass is 10.3. The zero-order valence-electron chi connectivity index (χ0n) is 7.50. The van der Waals surface area contributed by atoms with Crippen LogP contribution in [0.4, 0.5) is 5.69 Å². The number of non-ortho nitro benzene ring substituents is 1. The predicted octanol–water partition coefficient (Wildman–Crippen LogP) is 2.54. The summed E-state index contributed by atoms with van der Waals surface area (Å²) in [5.41, 5.74) is 0.858. The molecule has 0 unspecified atom stereocenters. The molecule has 6 heteroatoms. The van der Waals surface area contributed by atoms with Gasteiger partial charge in [-0.15, -0.1) is 0 Å². The fraction of sp³-hybridized carbons (Fsp3) is 0. The monoisotopic (exact) mass is 267 g/mol. The Morgan fingerprint density at radius 1 is 1.27 bits per heavy atom. The summed E-state index contributed by atoms with van der Waals surface area (Å²) in [6.45, 7) is 0. The number of aromatic nitrogens is 2. The lowest BCUT2D eigenvalue weighted by Crippen LogP contribution is -1.95. The van der Waals surface area contributed by atoms with Gasteiger partial charge in [-0.05, 0) is 34.1 Å². The number of rotatable bonds is 2. The van der Waals surface area contributed by atoms with E-state index < -0.39 is 4.92 Å². The SMILES string of the molecule is O=[N+]([O-])c1ccc(-n2ccc(Br)n2)cc1. The topological polar surface area (TPSA) is 61.0 Å².